The van der Waals surface area contributed by atoms with Crippen molar-refractivity contribution in [2.45, 2.75) is 18.7 Å². The maximum absolute atomic E-state index is 12.4. The van der Waals surface area contributed by atoms with E-state index in [9.17, 15) is 13.2 Å². The maximum Gasteiger partial charge on any atom is 0.248 e. The standard InChI is InChI=1S/C19H20Cl2N2O3S/c1-3-23(4-2)27(25,26)17-10-8-16(9-11-17)22-19(24)12-6-14-5-7-15(20)13-18(14)21/h5-13H,3-4H2,1-2H3,(H,22,24)/b12-6+. The summed E-state index contributed by atoms with van der Waals surface area (Å²) in [7, 11) is -3.52. The molecule has 0 unspecified atom stereocenters. The van der Waals surface area contributed by atoms with E-state index in [-0.39, 0.29) is 10.8 Å². The van der Waals surface area contributed by atoms with E-state index >= 15 is 0 Å². The Balaban J connectivity index is 2.08. The van der Waals surface area contributed by atoms with Crippen LogP contribution in [0.2, 0.25) is 10.0 Å². The summed E-state index contributed by atoms with van der Waals surface area (Å²) in [5.74, 6) is -0.361. The minimum atomic E-state index is -3.52. The lowest BCUT2D eigenvalue weighted by molar-refractivity contribution is -0.111. The van der Waals surface area contributed by atoms with Crippen LogP contribution >= 0.6 is 23.2 Å². The number of carbonyl (C=O) groups is 1. The highest BCUT2D eigenvalue weighted by atomic mass is 35.5. The molecule has 0 saturated heterocycles. The molecular weight excluding hydrogens is 407 g/mol. The van der Waals surface area contributed by atoms with Crippen LogP contribution in [0.15, 0.2) is 53.4 Å². The normalized spacial score (nSPS) is 11.9. The van der Waals surface area contributed by atoms with Gasteiger partial charge >= 0.3 is 0 Å². The Labute approximate surface area is 169 Å². The zero-order valence-corrected chi connectivity index (χ0v) is 17.3. The highest BCUT2D eigenvalue weighted by molar-refractivity contribution is 7.89. The summed E-state index contributed by atoms with van der Waals surface area (Å²) in [5, 5.41) is 3.63. The molecule has 1 amide bonds. The van der Waals surface area contributed by atoms with E-state index in [1.807, 2.05) is 0 Å². The van der Waals surface area contributed by atoms with Gasteiger partial charge in [0.25, 0.3) is 0 Å². The molecule has 0 bridgehead atoms. The van der Waals surface area contributed by atoms with Crippen molar-refractivity contribution in [3.05, 3.63) is 64.1 Å². The third kappa shape index (κ3) is 5.56. The summed E-state index contributed by atoms with van der Waals surface area (Å²) in [4.78, 5) is 12.2. The summed E-state index contributed by atoms with van der Waals surface area (Å²) in [6.07, 6.45) is 2.92. The number of hydrogen-bond donors (Lipinski definition) is 1. The second-order valence-electron chi connectivity index (χ2n) is 5.60. The first-order valence-corrected chi connectivity index (χ1v) is 10.5. The minimum Gasteiger partial charge on any atom is -0.323 e. The molecule has 2 rings (SSSR count). The summed E-state index contributed by atoms with van der Waals surface area (Å²) < 4.78 is 26.3. The van der Waals surface area contributed by atoms with E-state index in [0.29, 0.717) is 34.4 Å². The predicted octanol–water partition coefficient (Wildman–Crippen LogP) is 4.68. The monoisotopic (exact) mass is 426 g/mol. The zero-order valence-electron chi connectivity index (χ0n) is 14.9. The van der Waals surface area contributed by atoms with Gasteiger partial charge in [0.1, 0.15) is 0 Å². The van der Waals surface area contributed by atoms with E-state index in [2.05, 4.69) is 5.32 Å². The lowest BCUT2D eigenvalue weighted by Gasteiger charge is -2.18. The molecule has 5 nitrogen and oxygen atoms in total. The van der Waals surface area contributed by atoms with Crippen LogP contribution in [0.25, 0.3) is 6.08 Å². The Morgan fingerprint density at radius 1 is 1.07 bits per heavy atom. The molecule has 1 N–H and O–H groups in total. The first-order chi connectivity index (χ1) is 12.8. The topological polar surface area (TPSA) is 66.5 Å². The molecule has 0 aromatic heterocycles. The van der Waals surface area contributed by atoms with Crippen molar-refractivity contribution in [2.24, 2.45) is 0 Å². The van der Waals surface area contributed by atoms with Gasteiger partial charge < -0.3 is 5.32 Å². The van der Waals surface area contributed by atoms with E-state index in [1.54, 1.807) is 50.3 Å². The molecule has 8 heteroatoms. The number of carbonyl (C=O) groups excluding carboxylic acids is 1. The summed E-state index contributed by atoms with van der Waals surface area (Å²) in [6, 6.07) is 11.0. The van der Waals surface area contributed by atoms with Crippen molar-refractivity contribution in [1.29, 1.82) is 0 Å². The van der Waals surface area contributed by atoms with Crippen LogP contribution < -0.4 is 5.32 Å². The highest BCUT2D eigenvalue weighted by Gasteiger charge is 2.21. The van der Waals surface area contributed by atoms with Gasteiger partial charge in [0.2, 0.25) is 15.9 Å². The number of anilines is 1. The number of benzene rings is 2. The number of nitrogens with one attached hydrogen (secondary N) is 1. The number of halogens is 2. The lowest BCUT2D eigenvalue weighted by atomic mass is 10.2. The molecule has 0 fully saturated rings. The molecule has 0 aliphatic rings. The molecule has 0 radical (unpaired) electrons. The molecule has 144 valence electrons. The number of hydrogen-bond acceptors (Lipinski definition) is 3. The number of amides is 1. The molecule has 0 spiro atoms. The van der Waals surface area contributed by atoms with Crippen molar-refractivity contribution in [3.8, 4) is 0 Å². The van der Waals surface area contributed by atoms with E-state index in [1.165, 1.54) is 22.5 Å². The number of nitrogens with zero attached hydrogens (tertiary/aromatic N) is 1. The van der Waals surface area contributed by atoms with Crippen LogP contribution in [0.4, 0.5) is 5.69 Å². The zero-order chi connectivity index (χ0) is 20.0. The maximum atomic E-state index is 12.4. The van der Waals surface area contributed by atoms with Gasteiger partial charge in [0.15, 0.2) is 0 Å². The summed E-state index contributed by atoms with van der Waals surface area (Å²) in [6.45, 7) is 4.37. The Morgan fingerprint density at radius 2 is 1.70 bits per heavy atom. The molecule has 0 saturated carbocycles. The van der Waals surface area contributed by atoms with Crippen LogP contribution in [0.3, 0.4) is 0 Å². The third-order valence-corrected chi connectivity index (χ3v) is 6.47. The molecule has 27 heavy (non-hydrogen) atoms. The molecule has 2 aromatic carbocycles. The Kier molecular flexibility index (Phi) is 7.44. The summed E-state index contributed by atoms with van der Waals surface area (Å²) >= 11 is 11.9. The second-order valence-corrected chi connectivity index (χ2v) is 8.38. The lowest BCUT2D eigenvalue weighted by Crippen LogP contribution is -2.30. The minimum absolute atomic E-state index is 0.188. The average molecular weight is 427 g/mol. The highest BCUT2D eigenvalue weighted by Crippen LogP contribution is 2.22. The first kappa shape index (κ1) is 21.4. The van der Waals surface area contributed by atoms with Crippen LogP contribution in [0.5, 0.6) is 0 Å². The fourth-order valence-corrected chi connectivity index (χ4v) is 4.34. The van der Waals surface area contributed by atoms with Gasteiger partial charge in [-0.3, -0.25) is 4.79 Å². The van der Waals surface area contributed by atoms with Crippen molar-refractivity contribution in [2.75, 3.05) is 18.4 Å². The van der Waals surface area contributed by atoms with Crippen molar-refractivity contribution in [1.82, 2.24) is 4.31 Å². The molecular formula is C19H20Cl2N2O3S. The van der Waals surface area contributed by atoms with Crippen LogP contribution in [0, 0.1) is 0 Å². The molecule has 2 aromatic rings. The van der Waals surface area contributed by atoms with Crippen molar-refractivity contribution < 1.29 is 13.2 Å². The van der Waals surface area contributed by atoms with Gasteiger partial charge in [-0.2, -0.15) is 4.31 Å². The van der Waals surface area contributed by atoms with E-state index < -0.39 is 10.0 Å². The van der Waals surface area contributed by atoms with E-state index in [4.69, 9.17) is 23.2 Å². The van der Waals surface area contributed by atoms with E-state index in [0.717, 1.165) is 0 Å². The average Bonchev–Trinajstić information content (AvgIpc) is 2.62. The predicted molar refractivity (Wildman–Crippen MR) is 111 cm³/mol. The van der Waals surface area contributed by atoms with Crippen molar-refractivity contribution in [3.63, 3.8) is 0 Å². The SMILES string of the molecule is CCN(CC)S(=O)(=O)c1ccc(NC(=O)/C=C/c2ccc(Cl)cc2Cl)cc1. The van der Waals surface area contributed by atoms with Crippen molar-refractivity contribution >= 4 is 50.9 Å². The molecule has 0 aliphatic carbocycles. The Hall–Kier alpha value is -1.86. The largest absolute Gasteiger partial charge is 0.323 e. The Bertz CT molecular complexity index is 938. The fraction of sp³-hybridized carbons (Fsp3) is 0.211. The third-order valence-electron chi connectivity index (χ3n) is 3.84. The van der Waals surface area contributed by atoms with Gasteiger partial charge in [-0.15, -0.1) is 0 Å². The molecule has 0 heterocycles. The fourth-order valence-electron chi connectivity index (χ4n) is 2.41. The smallest absolute Gasteiger partial charge is 0.248 e. The molecule has 0 aliphatic heterocycles. The van der Waals surface area contributed by atoms with Crippen LogP contribution in [0.1, 0.15) is 19.4 Å². The number of sulfonamides is 1. The quantitative estimate of drug-likeness (QED) is 0.653. The van der Waals surface area contributed by atoms with Gasteiger partial charge in [-0.1, -0.05) is 43.1 Å². The van der Waals surface area contributed by atoms with Gasteiger partial charge in [-0.25, -0.2) is 8.42 Å². The summed E-state index contributed by atoms with van der Waals surface area (Å²) in [5.41, 5.74) is 1.15. The van der Waals surface area contributed by atoms with Crippen LogP contribution in [-0.2, 0) is 14.8 Å². The first-order valence-electron chi connectivity index (χ1n) is 8.32. The van der Waals surface area contributed by atoms with Gasteiger partial charge in [0.05, 0.1) is 4.90 Å². The van der Waals surface area contributed by atoms with Crippen LogP contribution in [-0.4, -0.2) is 31.7 Å². The Morgan fingerprint density at radius 3 is 2.26 bits per heavy atom. The molecule has 0 atom stereocenters. The van der Waals surface area contributed by atoms with Gasteiger partial charge in [0, 0.05) is 34.9 Å². The second kappa shape index (κ2) is 9.37. The number of rotatable bonds is 7. The van der Waals surface area contributed by atoms with Gasteiger partial charge in [-0.05, 0) is 48.0 Å².